The van der Waals surface area contributed by atoms with Gasteiger partial charge in [0.15, 0.2) is 0 Å². The van der Waals surface area contributed by atoms with Crippen LogP contribution >= 0.6 is 0 Å². The Kier molecular flexibility index (Phi) is 3.65. The first kappa shape index (κ1) is 11.9. The molecule has 1 aromatic rings. The SMILES string of the molecule is NCC1(C(=O)Nc2cncnc2)CCOCC1. The van der Waals surface area contributed by atoms with Crippen molar-refractivity contribution in [3.8, 4) is 0 Å². The molecule has 1 aliphatic rings. The second-order valence-electron chi connectivity index (χ2n) is 4.18. The minimum Gasteiger partial charge on any atom is -0.381 e. The number of carbonyl (C=O) groups is 1. The standard InChI is InChI=1S/C11H16N4O2/c12-7-11(1-3-17-4-2-11)10(16)15-9-5-13-8-14-6-9/h5-6,8H,1-4,7,12H2,(H,15,16). The average Bonchev–Trinajstić information content (AvgIpc) is 2.40. The zero-order valence-corrected chi connectivity index (χ0v) is 9.56. The zero-order valence-electron chi connectivity index (χ0n) is 9.56. The van der Waals surface area contributed by atoms with Crippen LogP contribution in [-0.4, -0.2) is 35.6 Å². The Morgan fingerprint density at radius 3 is 2.65 bits per heavy atom. The van der Waals surface area contributed by atoms with Crippen LogP contribution < -0.4 is 11.1 Å². The summed E-state index contributed by atoms with van der Waals surface area (Å²) < 4.78 is 5.27. The van der Waals surface area contributed by atoms with Crippen LogP contribution in [0.4, 0.5) is 5.69 Å². The average molecular weight is 236 g/mol. The van der Waals surface area contributed by atoms with Crippen LogP contribution in [0.2, 0.25) is 0 Å². The van der Waals surface area contributed by atoms with Crippen LogP contribution in [0.15, 0.2) is 18.7 Å². The molecule has 1 saturated heterocycles. The van der Waals surface area contributed by atoms with E-state index >= 15 is 0 Å². The van der Waals surface area contributed by atoms with E-state index in [1.807, 2.05) is 0 Å². The lowest BCUT2D eigenvalue weighted by Gasteiger charge is -2.34. The summed E-state index contributed by atoms with van der Waals surface area (Å²) in [6.45, 7) is 1.49. The van der Waals surface area contributed by atoms with Crippen LogP contribution in [0.5, 0.6) is 0 Å². The van der Waals surface area contributed by atoms with Gasteiger partial charge in [-0.2, -0.15) is 0 Å². The molecule has 92 valence electrons. The zero-order chi connectivity index (χ0) is 12.1. The number of carbonyl (C=O) groups excluding carboxylic acids is 1. The van der Waals surface area contributed by atoms with Crippen molar-refractivity contribution in [2.45, 2.75) is 12.8 Å². The fraction of sp³-hybridized carbons (Fsp3) is 0.545. The van der Waals surface area contributed by atoms with Crippen LogP contribution in [0.1, 0.15) is 12.8 Å². The van der Waals surface area contributed by atoms with E-state index in [1.54, 1.807) is 12.4 Å². The maximum Gasteiger partial charge on any atom is 0.232 e. The summed E-state index contributed by atoms with van der Waals surface area (Å²) in [4.78, 5) is 19.9. The van der Waals surface area contributed by atoms with Gasteiger partial charge in [-0.15, -0.1) is 0 Å². The number of rotatable bonds is 3. The fourth-order valence-electron chi connectivity index (χ4n) is 1.91. The van der Waals surface area contributed by atoms with Gasteiger partial charge in [-0.1, -0.05) is 0 Å². The molecular formula is C11H16N4O2. The lowest BCUT2D eigenvalue weighted by molar-refractivity contribution is -0.130. The molecule has 17 heavy (non-hydrogen) atoms. The van der Waals surface area contributed by atoms with Crippen molar-refractivity contribution in [3.05, 3.63) is 18.7 Å². The predicted octanol–water partition coefficient (Wildman–Crippen LogP) is 0.171. The molecule has 0 bridgehead atoms. The summed E-state index contributed by atoms with van der Waals surface area (Å²) in [7, 11) is 0. The summed E-state index contributed by atoms with van der Waals surface area (Å²) in [6.07, 6.45) is 5.86. The number of nitrogens with zero attached hydrogens (tertiary/aromatic N) is 2. The van der Waals surface area contributed by atoms with E-state index in [2.05, 4.69) is 15.3 Å². The van der Waals surface area contributed by atoms with Crippen molar-refractivity contribution in [1.29, 1.82) is 0 Å². The molecule has 2 rings (SSSR count). The van der Waals surface area contributed by atoms with Crippen molar-refractivity contribution < 1.29 is 9.53 Å². The van der Waals surface area contributed by atoms with Crippen LogP contribution in [0, 0.1) is 5.41 Å². The van der Waals surface area contributed by atoms with E-state index in [-0.39, 0.29) is 5.91 Å². The molecule has 0 aliphatic carbocycles. The van der Waals surface area contributed by atoms with E-state index in [9.17, 15) is 4.79 Å². The normalized spacial score (nSPS) is 18.6. The number of anilines is 1. The minimum absolute atomic E-state index is 0.0712. The summed E-state index contributed by atoms with van der Waals surface area (Å²) in [5, 5.41) is 2.80. The van der Waals surface area contributed by atoms with Gasteiger partial charge in [-0.25, -0.2) is 9.97 Å². The molecule has 1 aromatic heterocycles. The third-order valence-corrected chi connectivity index (χ3v) is 3.14. The molecule has 3 N–H and O–H groups in total. The summed E-state index contributed by atoms with van der Waals surface area (Å²) in [5.41, 5.74) is 5.82. The van der Waals surface area contributed by atoms with E-state index in [1.165, 1.54) is 6.33 Å². The molecule has 0 saturated carbocycles. The molecule has 0 unspecified atom stereocenters. The number of amides is 1. The fourth-order valence-corrected chi connectivity index (χ4v) is 1.91. The Bertz CT molecular complexity index is 376. The Labute approximate surface area is 99.6 Å². The third kappa shape index (κ3) is 2.59. The molecule has 6 nitrogen and oxygen atoms in total. The third-order valence-electron chi connectivity index (χ3n) is 3.14. The summed E-state index contributed by atoms with van der Waals surface area (Å²) in [5.74, 6) is -0.0712. The van der Waals surface area contributed by atoms with Gasteiger partial charge in [-0.05, 0) is 12.8 Å². The number of nitrogens with two attached hydrogens (primary N) is 1. The van der Waals surface area contributed by atoms with Crippen molar-refractivity contribution >= 4 is 11.6 Å². The molecule has 0 radical (unpaired) electrons. The first-order valence-electron chi connectivity index (χ1n) is 5.61. The number of nitrogens with one attached hydrogen (secondary N) is 1. The molecule has 2 heterocycles. The minimum atomic E-state index is -0.520. The Morgan fingerprint density at radius 1 is 1.41 bits per heavy atom. The highest BCUT2D eigenvalue weighted by Gasteiger charge is 2.38. The maximum atomic E-state index is 12.2. The van der Waals surface area contributed by atoms with Crippen molar-refractivity contribution in [3.63, 3.8) is 0 Å². The van der Waals surface area contributed by atoms with E-state index in [0.717, 1.165) is 0 Å². The summed E-state index contributed by atoms with van der Waals surface area (Å²) in [6, 6.07) is 0. The molecule has 6 heteroatoms. The highest BCUT2D eigenvalue weighted by atomic mass is 16.5. The van der Waals surface area contributed by atoms with Gasteiger partial charge >= 0.3 is 0 Å². The van der Waals surface area contributed by atoms with Gasteiger partial charge in [0.2, 0.25) is 5.91 Å². The molecule has 0 atom stereocenters. The van der Waals surface area contributed by atoms with Crippen LogP contribution in [0.3, 0.4) is 0 Å². The lowest BCUT2D eigenvalue weighted by atomic mass is 9.79. The topological polar surface area (TPSA) is 90.1 Å². The first-order chi connectivity index (χ1) is 8.27. The van der Waals surface area contributed by atoms with Crippen LogP contribution in [-0.2, 0) is 9.53 Å². The van der Waals surface area contributed by atoms with Crippen LogP contribution in [0.25, 0.3) is 0 Å². The Hall–Kier alpha value is -1.53. The van der Waals surface area contributed by atoms with Crippen molar-refractivity contribution in [1.82, 2.24) is 9.97 Å². The number of hydrogen-bond acceptors (Lipinski definition) is 5. The maximum absolute atomic E-state index is 12.2. The van der Waals surface area contributed by atoms with Gasteiger partial charge < -0.3 is 15.8 Å². The second-order valence-corrected chi connectivity index (χ2v) is 4.18. The van der Waals surface area contributed by atoms with Gasteiger partial charge in [0.05, 0.1) is 23.5 Å². The summed E-state index contributed by atoms with van der Waals surface area (Å²) >= 11 is 0. The van der Waals surface area contributed by atoms with Crippen molar-refractivity contribution in [2.75, 3.05) is 25.1 Å². The molecule has 1 fully saturated rings. The van der Waals surface area contributed by atoms with Gasteiger partial charge in [0.25, 0.3) is 0 Å². The Morgan fingerprint density at radius 2 is 2.06 bits per heavy atom. The molecule has 0 spiro atoms. The highest BCUT2D eigenvalue weighted by Crippen LogP contribution is 2.30. The first-order valence-corrected chi connectivity index (χ1v) is 5.61. The second kappa shape index (κ2) is 5.20. The number of aromatic nitrogens is 2. The lowest BCUT2D eigenvalue weighted by Crippen LogP contribution is -2.46. The smallest absolute Gasteiger partial charge is 0.232 e. The molecule has 0 aromatic carbocycles. The van der Waals surface area contributed by atoms with E-state index in [4.69, 9.17) is 10.5 Å². The monoisotopic (exact) mass is 236 g/mol. The van der Waals surface area contributed by atoms with Gasteiger partial charge in [0.1, 0.15) is 6.33 Å². The van der Waals surface area contributed by atoms with Gasteiger partial charge in [0, 0.05) is 19.8 Å². The number of ether oxygens (including phenoxy) is 1. The highest BCUT2D eigenvalue weighted by molar-refractivity contribution is 5.95. The number of hydrogen-bond donors (Lipinski definition) is 2. The van der Waals surface area contributed by atoms with Crippen molar-refractivity contribution in [2.24, 2.45) is 11.1 Å². The molecule has 1 amide bonds. The molecule has 1 aliphatic heterocycles. The predicted molar refractivity (Wildman–Crippen MR) is 62.2 cm³/mol. The van der Waals surface area contributed by atoms with E-state index in [0.29, 0.717) is 38.3 Å². The molecular weight excluding hydrogens is 220 g/mol. The van der Waals surface area contributed by atoms with E-state index < -0.39 is 5.41 Å². The quantitative estimate of drug-likeness (QED) is 0.780. The van der Waals surface area contributed by atoms with Gasteiger partial charge in [-0.3, -0.25) is 4.79 Å². The Balaban J connectivity index is 2.07. The largest absolute Gasteiger partial charge is 0.381 e.